The van der Waals surface area contributed by atoms with E-state index in [1.807, 2.05) is 18.2 Å². The van der Waals surface area contributed by atoms with Gasteiger partial charge in [0.15, 0.2) is 0 Å². The Bertz CT molecular complexity index is 555. The van der Waals surface area contributed by atoms with Crippen LogP contribution >= 0.6 is 22.9 Å². The van der Waals surface area contributed by atoms with Crippen molar-refractivity contribution in [1.29, 1.82) is 0 Å². The molecule has 1 N–H and O–H groups in total. The highest BCUT2D eigenvalue weighted by Crippen LogP contribution is 2.31. The molecule has 2 atom stereocenters. The van der Waals surface area contributed by atoms with Gasteiger partial charge in [-0.15, -0.1) is 11.3 Å². The molecule has 1 unspecified atom stereocenters. The topological polar surface area (TPSA) is 21.3 Å². The van der Waals surface area contributed by atoms with Gasteiger partial charge in [-0.2, -0.15) is 0 Å². The van der Waals surface area contributed by atoms with Gasteiger partial charge in [-0.3, -0.25) is 0 Å². The molecule has 1 aromatic carbocycles. The molecule has 0 spiro atoms. The van der Waals surface area contributed by atoms with E-state index in [0.717, 1.165) is 23.7 Å². The summed E-state index contributed by atoms with van der Waals surface area (Å²) in [6, 6.07) is 10.5. The largest absolute Gasteiger partial charge is 0.488 e. The van der Waals surface area contributed by atoms with Crippen LogP contribution < -0.4 is 10.1 Å². The second-order valence-electron chi connectivity index (χ2n) is 4.84. The van der Waals surface area contributed by atoms with Crippen molar-refractivity contribution in [3.05, 3.63) is 51.2 Å². The van der Waals surface area contributed by atoms with Gasteiger partial charge in [-0.1, -0.05) is 17.7 Å². The average molecular weight is 294 g/mol. The second kappa shape index (κ2) is 5.53. The fraction of sp³-hybridized carbons (Fsp3) is 0.333. The molecule has 0 saturated carbocycles. The molecule has 1 aliphatic heterocycles. The van der Waals surface area contributed by atoms with Crippen molar-refractivity contribution >= 4 is 22.9 Å². The number of nitrogens with one attached hydrogen (secondary N) is 1. The molecule has 4 heteroatoms. The van der Waals surface area contributed by atoms with E-state index in [1.165, 1.54) is 10.4 Å². The van der Waals surface area contributed by atoms with E-state index >= 15 is 0 Å². The van der Waals surface area contributed by atoms with Crippen LogP contribution in [-0.2, 0) is 6.42 Å². The van der Waals surface area contributed by atoms with Crippen LogP contribution in [0.25, 0.3) is 0 Å². The maximum atomic E-state index is 6.00. The monoisotopic (exact) mass is 293 g/mol. The summed E-state index contributed by atoms with van der Waals surface area (Å²) in [5, 5.41) is 6.42. The van der Waals surface area contributed by atoms with Crippen molar-refractivity contribution < 1.29 is 4.74 Å². The summed E-state index contributed by atoms with van der Waals surface area (Å²) in [4.78, 5) is 1.36. The maximum Gasteiger partial charge on any atom is 0.123 e. The summed E-state index contributed by atoms with van der Waals surface area (Å²) in [6.45, 7) is 3.04. The molecule has 0 fully saturated rings. The first-order chi connectivity index (χ1) is 9.22. The van der Waals surface area contributed by atoms with Crippen LogP contribution in [0.2, 0.25) is 5.02 Å². The van der Waals surface area contributed by atoms with Gasteiger partial charge in [0, 0.05) is 28.9 Å². The van der Waals surface area contributed by atoms with Crippen molar-refractivity contribution in [1.82, 2.24) is 5.32 Å². The normalized spacial score (nSPS) is 18.9. The highest BCUT2D eigenvalue weighted by Gasteiger charge is 2.23. The molecule has 100 valence electrons. The molecular weight excluding hydrogens is 278 g/mol. The number of benzene rings is 1. The van der Waals surface area contributed by atoms with Gasteiger partial charge in [-0.05, 0) is 42.1 Å². The molecule has 0 bridgehead atoms. The molecule has 0 amide bonds. The van der Waals surface area contributed by atoms with Crippen LogP contribution in [0, 0.1) is 0 Å². The van der Waals surface area contributed by atoms with Crippen LogP contribution in [0.3, 0.4) is 0 Å². The van der Waals surface area contributed by atoms with Crippen molar-refractivity contribution in [2.24, 2.45) is 0 Å². The lowest BCUT2D eigenvalue weighted by Gasteiger charge is -2.16. The number of hydrogen-bond donors (Lipinski definition) is 1. The lowest BCUT2D eigenvalue weighted by molar-refractivity contribution is 0.223. The minimum absolute atomic E-state index is 0.205. The van der Waals surface area contributed by atoms with Gasteiger partial charge in [0.1, 0.15) is 11.9 Å². The number of rotatable bonds is 4. The molecule has 3 rings (SSSR count). The molecular formula is C15H16ClNOS. The van der Waals surface area contributed by atoms with Gasteiger partial charge in [-0.25, -0.2) is 0 Å². The van der Waals surface area contributed by atoms with E-state index in [4.69, 9.17) is 16.3 Å². The fourth-order valence-corrected chi connectivity index (χ4v) is 3.30. The summed E-state index contributed by atoms with van der Waals surface area (Å²) in [6.07, 6.45) is 1.14. The molecule has 2 aromatic rings. The number of halogens is 1. The smallest absolute Gasteiger partial charge is 0.123 e. The number of fused-ring (bicyclic) bond motifs is 1. The minimum Gasteiger partial charge on any atom is -0.488 e. The van der Waals surface area contributed by atoms with E-state index in [2.05, 4.69) is 29.8 Å². The van der Waals surface area contributed by atoms with E-state index in [0.29, 0.717) is 6.04 Å². The number of ether oxygens (including phenoxy) is 1. The Morgan fingerprint density at radius 2 is 2.37 bits per heavy atom. The first-order valence-corrected chi connectivity index (χ1v) is 7.70. The summed E-state index contributed by atoms with van der Waals surface area (Å²) >= 11 is 7.78. The molecule has 0 radical (unpaired) electrons. The van der Waals surface area contributed by atoms with Gasteiger partial charge < -0.3 is 10.1 Å². The third-order valence-electron chi connectivity index (χ3n) is 3.39. The first kappa shape index (κ1) is 13.0. The molecule has 2 nitrogen and oxygen atoms in total. The van der Waals surface area contributed by atoms with Gasteiger partial charge in [0.2, 0.25) is 0 Å². The van der Waals surface area contributed by atoms with Crippen LogP contribution in [0.4, 0.5) is 0 Å². The Kier molecular flexibility index (Phi) is 3.78. The SMILES string of the molecule is C[C@H](NCC1Cc2cc(Cl)ccc2O1)c1cccs1. The Labute approximate surface area is 122 Å². The van der Waals surface area contributed by atoms with Gasteiger partial charge in [0.05, 0.1) is 0 Å². The van der Waals surface area contributed by atoms with Crippen LogP contribution in [0.15, 0.2) is 35.7 Å². The summed E-state index contributed by atoms with van der Waals surface area (Å²) in [5.41, 5.74) is 1.21. The van der Waals surface area contributed by atoms with Crippen LogP contribution in [0.5, 0.6) is 5.75 Å². The molecule has 0 aliphatic carbocycles. The van der Waals surface area contributed by atoms with Crippen molar-refractivity contribution in [2.75, 3.05) is 6.54 Å². The summed E-state index contributed by atoms with van der Waals surface area (Å²) in [7, 11) is 0. The highest BCUT2D eigenvalue weighted by molar-refractivity contribution is 7.10. The molecule has 0 saturated heterocycles. The lowest BCUT2D eigenvalue weighted by atomic mass is 10.1. The van der Waals surface area contributed by atoms with Crippen molar-refractivity contribution in [2.45, 2.75) is 25.5 Å². The molecule has 19 heavy (non-hydrogen) atoms. The standard InChI is InChI=1S/C15H16ClNOS/c1-10(15-3-2-6-19-15)17-9-13-8-11-7-12(16)4-5-14(11)18-13/h2-7,10,13,17H,8-9H2,1H3/t10-,13?/m0/s1. The zero-order valence-corrected chi connectivity index (χ0v) is 12.3. The predicted molar refractivity (Wildman–Crippen MR) is 80.3 cm³/mol. The highest BCUT2D eigenvalue weighted by atomic mass is 35.5. The Morgan fingerprint density at radius 3 is 3.16 bits per heavy atom. The fourth-order valence-electron chi connectivity index (χ4n) is 2.35. The maximum absolute atomic E-state index is 6.00. The van der Waals surface area contributed by atoms with Gasteiger partial charge >= 0.3 is 0 Å². The Hall–Kier alpha value is -1.03. The Balaban J connectivity index is 1.56. The quantitative estimate of drug-likeness (QED) is 0.918. The van der Waals surface area contributed by atoms with E-state index in [1.54, 1.807) is 11.3 Å². The second-order valence-corrected chi connectivity index (χ2v) is 6.26. The molecule has 1 aliphatic rings. The van der Waals surface area contributed by atoms with E-state index in [9.17, 15) is 0 Å². The van der Waals surface area contributed by atoms with Crippen molar-refractivity contribution in [3.63, 3.8) is 0 Å². The van der Waals surface area contributed by atoms with Crippen molar-refractivity contribution in [3.8, 4) is 5.75 Å². The summed E-state index contributed by atoms with van der Waals surface area (Å²) in [5.74, 6) is 0.972. The Morgan fingerprint density at radius 1 is 1.47 bits per heavy atom. The zero-order valence-electron chi connectivity index (χ0n) is 10.7. The molecule has 2 heterocycles. The average Bonchev–Trinajstić information content (AvgIpc) is 3.04. The third-order valence-corrected chi connectivity index (χ3v) is 4.68. The minimum atomic E-state index is 0.205. The van der Waals surface area contributed by atoms with Gasteiger partial charge in [0.25, 0.3) is 0 Å². The van der Waals surface area contributed by atoms with E-state index in [-0.39, 0.29) is 6.10 Å². The predicted octanol–water partition coefficient (Wildman–Crippen LogP) is 4.06. The summed E-state index contributed by atoms with van der Waals surface area (Å²) < 4.78 is 5.91. The van der Waals surface area contributed by atoms with Crippen LogP contribution in [-0.4, -0.2) is 12.6 Å². The number of thiophene rings is 1. The lowest BCUT2D eigenvalue weighted by Crippen LogP contribution is -2.31. The third kappa shape index (κ3) is 2.94. The van der Waals surface area contributed by atoms with Crippen LogP contribution in [0.1, 0.15) is 23.4 Å². The number of hydrogen-bond acceptors (Lipinski definition) is 3. The first-order valence-electron chi connectivity index (χ1n) is 6.44. The molecule has 1 aromatic heterocycles. The zero-order chi connectivity index (χ0) is 13.2. The van der Waals surface area contributed by atoms with E-state index < -0.39 is 0 Å².